The highest BCUT2D eigenvalue weighted by atomic mass is 79.9. The van der Waals surface area contributed by atoms with Crippen LogP contribution in [-0.2, 0) is 11.3 Å². The Morgan fingerprint density at radius 2 is 1.96 bits per heavy atom. The lowest BCUT2D eigenvalue weighted by Gasteiger charge is -2.23. The van der Waals surface area contributed by atoms with Gasteiger partial charge in [0.1, 0.15) is 0 Å². The molecule has 6 nitrogen and oxygen atoms in total. The van der Waals surface area contributed by atoms with Crippen LogP contribution in [0.3, 0.4) is 0 Å². The number of halogens is 1. The summed E-state index contributed by atoms with van der Waals surface area (Å²) in [7, 11) is 3.95. The fraction of sp³-hybridized carbons (Fsp3) is 0.286. The summed E-state index contributed by atoms with van der Waals surface area (Å²) in [6.07, 6.45) is 1.71. The van der Waals surface area contributed by atoms with Gasteiger partial charge < -0.3 is 10.2 Å². The molecule has 3 aromatic rings. The van der Waals surface area contributed by atoms with Gasteiger partial charge in [-0.15, -0.1) is 0 Å². The Hall–Kier alpha value is -2.51. The lowest BCUT2D eigenvalue weighted by molar-refractivity contribution is -0.122. The predicted octanol–water partition coefficient (Wildman–Crippen LogP) is 2.97. The molecule has 1 aromatic heterocycles. The quantitative estimate of drug-likeness (QED) is 0.610. The number of aryl methyl sites for hydroxylation is 1. The second-order valence-electron chi connectivity index (χ2n) is 6.95. The number of nitrogens with zero attached hydrogens (tertiary/aromatic N) is 3. The van der Waals surface area contributed by atoms with Gasteiger partial charge in [-0.1, -0.05) is 46.3 Å². The third-order valence-electron chi connectivity index (χ3n) is 4.45. The molecule has 28 heavy (non-hydrogen) atoms. The Kier molecular flexibility index (Phi) is 6.59. The van der Waals surface area contributed by atoms with Crippen LogP contribution < -0.4 is 10.9 Å². The van der Waals surface area contributed by atoms with Crippen molar-refractivity contribution in [3.05, 3.63) is 75.2 Å². The first-order valence-corrected chi connectivity index (χ1v) is 9.87. The normalized spacial score (nSPS) is 12.3. The Balaban J connectivity index is 1.70. The monoisotopic (exact) mass is 442 g/mol. The third kappa shape index (κ3) is 5.05. The predicted molar refractivity (Wildman–Crippen MR) is 114 cm³/mol. The van der Waals surface area contributed by atoms with Crippen LogP contribution in [-0.4, -0.2) is 41.0 Å². The summed E-state index contributed by atoms with van der Waals surface area (Å²) in [6.45, 7) is 0.977. The number of rotatable bonds is 7. The molecule has 1 heterocycles. The minimum absolute atomic E-state index is 0.100. The van der Waals surface area contributed by atoms with E-state index in [-0.39, 0.29) is 30.5 Å². The first-order chi connectivity index (χ1) is 13.4. The van der Waals surface area contributed by atoms with Crippen molar-refractivity contribution in [1.82, 2.24) is 19.8 Å². The van der Waals surface area contributed by atoms with Crippen LogP contribution in [0.15, 0.2) is 64.1 Å². The number of hydrogen-bond acceptors (Lipinski definition) is 4. The Morgan fingerprint density at radius 1 is 1.21 bits per heavy atom. The fourth-order valence-corrected chi connectivity index (χ4v) is 3.42. The van der Waals surface area contributed by atoms with Gasteiger partial charge in [-0.05, 0) is 37.9 Å². The number of benzene rings is 2. The maximum Gasteiger partial charge on any atom is 0.261 e. The van der Waals surface area contributed by atoms with Crippen LogP contribution >= 0.6 is 15.9 Å². The van der Waals surface area contributed by atoms with E-state index >= 15 is 0 Å². The van der Waals surface area contributed by atoms with Crippen LogP contribution in [0.25, 0.3) is 10.9 Å². The van der Waals surface area contributed by atoms with E-state index in [0.717, 1.165) is 10.0 Å². The average molecular weight is 443 g/mol. The van der Waals surface area contributed by atoms with Crippen molar-refractivity contribution in [3.63, 3.8) is 0 Å². The molecule has 0 spiro atoms. The second-order valence-corrected chi connectivity index (χ2v) is 7.86. The van der Waals surface area contributed by atoms with Crippen LogP contribution in [0.2, 0.25) is 0 Å². The molecule has 0 aliphatic carbocycles. The minimum Gasteiger partial charge on any atom is -0.348 e. The smallest absolute Gasteiger partial charge is 0.261 e. The number of fused-ring (bicyclic) bond motifs is 1. The Bertz CT molecular complexity index is 1020. The summed E-state index contributed by atoms with van der Waals surface area (Å²) in [5.41, 5.74) is 1.55. The highest BCUT2D eigenvalue weighted by Gasteiger charge is 2.15. The van der Waals surface area contributed by atoms with E-state index in [0.29, 0.717) is 17.4 Å². The maximum atomic E-state index is 12.6. The van der Waals surface area contributed by atoms with E-state index < -0.39 is 0 Å². The van der Waals surface area contributed by atoms with Gasteiger partial charge in [0.15, 0.2) is 0 Å². The maximum absolute atomic E-state index is 12.6. The Labute approximate surface area is 172 Å². The molecule has 3 rings (SSSR count). The number of carbonyl (C=O) groups is 1. The number of carbonyl (C=O) groups excluding carboxylic acids is 1. The zero-order valence-corrected chi connectivity index (χ0v) is 17.5. The summed E-state index contributed by atoms with van der Waals surface area (Å²) < 4.78 is 2.31. The molecule has 2 aromatic carbocycles. The van der Waals surface area contributed by atoms with Crippen molar-refractivity contribution < 1.29 is 4.79 Å². The minimum atomic E-state index is -0.146. The van der Waals surface area contributed by atoms with Crippen molar-refractivity contribution in [2.24, 2.45) is 0 Å². The van der Waals surface area contributed by atoms with Gasteiger partial charge in [0.05, 0.1) is 23.3 Å². The van der Waals surface area contributed by atoms with Gasteiger partial charge in [-0.3, -0.25) is 14.2 Å². The zero-order valence-electron chi connectivity index (χ0n) is 15.9. The van der Waals surface area contributed by atoms with Gasteiger partial charge >= 0.3 is 0 Å². The molecule has 1 unspecified atom stereocenters. The van der Waals surface area contributed by atoms with Crippen LogP contribution in [0.1, 0.15) is 18.0 Å². The second kappa shape index (κ2) is 9.12. The molecular weight excluding hydrogens is 420 g/mol. The average Bonchev–Trinajstić information content (AvgIpc) is 2.68. The highest BCUT2D eigenvalue weighted by molar-refractivity contribution is 9.10. The standard InChI is InChI=1S/C21H23BrN4O2/c1-25(2)13-19(15-6-4-3-5-7-15)24-20(27)10-11-26-14-23-18-9-8-16(22)12-17(18)21(26)28/h3-9,12,14,19H,10-11,13H2,1-2H3,(H,24,27). The number of likely N-dealkylation sites (N-methyl/N-ethyl adjacent to an activating group) is 1. The van der Waals surface area contributed by atoms with Crippen molar-refractivity contribution in [2.75, 3.05) is 20.6 Å². The third-order valence-corrected chi connectivity index (χ3v) is 4.94. The van der Waals surface area contributed by atoms with Gasteiger partial charge in [-0.2, -0.15) is 0 Å². The molecule has 0 fully saturated rings. The lowest BCUT2D eigenvalue weighted by atomic mass is 10.1. The molecule has 0 bridgehead atoms. The first-order valence-electron chi connectivity index (χ1n) is 9.08. The van der Waals surface area contributed by atoms with Crippen LogP contribution in [0, 0.1) is 0 Å². The highest BCUT2D eigenvalue weighted by Crippen LogP contribution is 2.15. The van der Waals surface area contributed by atoms with E-state index in [1.165, 1.54) is 10.9 Å². The largest absolute Gasteiger partial charge is 0.348 e. The summed E-state index contributed by atoms with van der Waals surface area (Å²) >= 11 is 3.38. The van der Waals surface area contributed by atoms with Gasteiger partial charge in [0.2, 0.25) is 5.91 Å². The molecule has 1 amide bonds. The number of nitrogens with one attached hydrogen (secondary N) is 1. The molecule has 146 valence electrons. The molecule has 0 radical (unpaired) electrons. The van der Waals surface area contributed by atoms with E-state index in [1.54, 1.807) is 12.1 Å². The molecule has 1 atom stereocenters. The van der Waals surface area contributed by atoms with E-state index in [4.69, 9.17) is 0 Å². The van der Waals surface area contributed by atoms with Crippen LogP contribution in [0.4, 0.5) is 0 Å². The lowest BCUT2D eigenvalue weighted by Crippen LogP contribution is -2.36. The van der Waals surface area contributed by atoms with Crippen molar-refractivity contribution in [1.29, 1.82) is 0 Å². The SMILES string of the molecule is CN(C)CC(NC(=O)CCn1cnc2ccc(Br)cc2c1=O)c1ccccc1. The molecule has 0 aliphatic rings. The van der Waals surface area contributed by atoms with Gasteiger partial charge in [-0.25, -0.2) is 4.98 Å². The van der Waals surface area contributed by atoms with Crippen molar-refractivity contribution in [2.45, 2.75) is 19.0 Å². The van der Waals surface area contributed by atoms with E-state index in [2.05, 4.69) is 26.2 Å². The molecule has 1 N–H and O–H groups in total. The summed E-state index contributed by atoms with van der Waals surface area (Å²) in [4.78, 5) is 31.5. The summed E-state index contributed by atoms with van der Waals surface area (Å²) in [5, 5.41) is 3.61. The summed E-state index contributed by atoms with van der Waals surface area (Å²) in [6, 6.07) is 15.2. The van der Waals surface area contributed by atoms with E-state index in [9.17, 15) is 9.59 Å². The molecular formula is C21H23BrN4O2. The zero-order chi connectivity index (χ0) is 20.1. The molecule has 7 heteroatoms. The number of hydrogen-bond donors (Lipinski definition) is 1. The van der Waals surface area contributed by atoms with Crippen molar-refractivity contribution >= 4 is 32.7 Å². The molecule has 0 saturated heterocycles. The first kappa shape index (κ1) is 20.2. The summed E-state index contributed by atoms with van der Waals surface area (Å²) in [5.74, 6) is -0.100. The van der Waals surface area contributed by atoms with Crippen LogP contribution in [0.5, 0.6) is 0 Å². The van der Waals surface area contributed by atoms with Gasteiger partial charge in [0.25, 0.3) is 5.56 Å². The van der Waals surface area contributed by atoms with E-state index in [1.807, 2.05) is 55.4 Å². The van der Waals surface area contributed by atoms with Gasteiger partial charge in [0, 0.05) is 24.0 Å². The number of aromatic nitrogens is 2. The number of amides is 1. The van der Waals surface area contributed by atoms with Crippen molar-refractivity contribution in [3.8, 4) is 0 Å². The topological polar surface area (TPSA) is 67.2 Å². The molecule has 0 aliphatic heterocycles. The Morgan fingerprint density at radius 3 is 2.68 bits per heavy atom. The molecule has 0 saturated carbocycles. The fourth-order valence-electron chi connectivity index (χ4n) is 3.06.